The van der Waals surface area contributed by atoms with Crippen LogP contribution in [0, 0.1) is 5.92 Å². The van der Waals surface area contributed by atoms with E-state index < -0.39 is 42.4 Å². The van der Waals surface area contributed by atoms with E-state index in [1.165, 1.54) is 0 Å². The maximum Gasteiger partial charge on any atom is 0.342 e. The molecule has 4 aromatic rings. The van der Waals surface area contributed by atoms with Crippen molar-refractivity contribution in [2.45, 2.75) is 26.8 Å². The van der Waals surface area contributed by atoms with E-state index in [1.807, 2.05) is 91.0 Å². The molecule has 1 aliphatic rings. The molecule has 4 aromatic carbocycles. The Morgan fingerprint density at radius 3 is 1.40 bits per heavy atom. The van der Waals surface area contributed by atoms with E-state index in [9.17, 15) is 14.4 Å². The summed E-state index contributed by atoms with van der Waals surface area (Å²) in [4.78, 5) is 57.8. The highest BCUT2D eigenvalue weighted by molar-refractivity contribution is 7.97. The highest BCUT2D eigenvalue weighted by Gasteiger charge is 2.48. The Balaban J connectivity index is 1.91. The van der Waals surface area contributed by atoms with Crippen molar-refractivity contribution >= 4 is 51.7 Å². The van der Waals surface area contributed by atoms with Crippen molar-refractivity contribution in [1.29, 1.82) is 0 Å². The van der Waals surface area contributed by atoms with Gasteiger partial charge in [-0.1, -0.05) is 117 Å². The molecule has 42 heavy (non-hydrogen) atoms. The first-order valence-electron chi connectivity index (χ1n) is 14.0. The van der Waals surface area contributed by atoms with Crippen molar-refractivity contribution in [3.05, 3.63) is 126 Å². The van der Waals surface area contributed by atoms with Crippen LogP contribution in [0.2, 0.25) is 0 Å². The van der Waals surface area contributed by atoms with Crippen molar-refractivity contribution in [3.63, 3.8) is 0 Å². The van der Waals surface area contributed by atoms with Gasteiger partial charge in [0.05, 0.1) is 17.7 Å². The number of carbonyl (C=O) groups is 4. The molecule has 1 aliphatic heterocycles. The van der Waals surface area contributed by atoms with Gasteiger partial charge in [0.1, 0.15) is 11.3 Å². The third-order valence-corrected chi connectivity index (χ3v) is 11.8. The van der Waals surface area contributed by atoms with Crippen LogP contribution < -0.4 is 15.9 Å². The van der Waals surface area contributed by atoms with E-state index >= 15 is 4.79 Å². The zero-order valence-electron chi connectivity index (χ0n) is 23.8. The fourth-order valence-corrected chi connectivity index (χ4v) is 10.0. The van der Waals surface area contributed by atoms with Gasteiger partial charge in [0.15, 0.2) is 5.78 Å². The number of imide groups is 1. The first-order chi connectivity index (χ1) is 20.3. The zero-order valence-corrected chi connectivity index (χ0v) is 24.7. The molecule has 0 saturated heterocycles. The monoisotopic (exact) mass is 578 g/mol. The summed E-state index contributed by atoms with van der Waals surface area (Å²) in [6.45, 7) is 2.09. The highest BCUT2D eigenvalue weighted by atomic mass is 31.2. The number of ether oxygens (including phenoxy) is 1. The van der Waals surface area contributed by atoms with E-state index in [1.54, 1.807) is 45.0 Å². The molecule has 0 saturated carbocycles. The Morgan fingerprint density at radius 1 is 0.667 bits per heavy atom. The van der Waals surface area contributed by atoms with E-state index in [2.05, 4.69) is 0 Å². The van der Waals surface area contributed by atoms with E-state index in [4.69, 9.17) is 4.74 Å². The summed E-state index contributed by atoms with van der Waals surface area (Å²) in [6.07, 6.45) is 0. The Hall–Kier alpha value is -4.54. The van der Waals surface area contributed by atoms with Gasteiger partial charge in [-0.15, -0.1) is 0 Å². The van der Waals surface area contributed by atoms with Crippen LogP contribution in [-0.4, -0.2) is 46.4 Å². The molecule has 0 spiro atoms. The third-order valence-electron chi connectivity index (χ3n) is 7.47. The number of carbonyl (C=O) groups excluding carboxylic acids is 4. The van der Waals surface area contributed by atoms with Crippen LogP contribution in [0.5, 0.6) is 0 Å². The van der Waals surface area contributed by atoms with Crippen molar-refractivity contribution in [3.8, 4) is 0 Å². The third kappa shape index (κ3) is 4.82. The van der Waals surface area contributed by atoms with Crippen molar-refractivity contribution in [1.82, 2.24) is 4.90 Å². The lowest BCUT2D eigenvalue weighted by atomic mass is 10.00. The Labute approximate surface area is 245 Å². The fourth-order valence-electron chi connectivity index (χ4n) is 5.71. The van der Waals surface area contributed by atoms with Crippen LogP contribution in [0.15, 0.2) is 115 Å². The standard InChI is InChI=1S/C35H32NO5P/c1-4-41-35(40)32(31(37)30(24(2)3)36-33(38)28-22-14-15-23-29(28)34(36)39)42(25-16-8-5-9-17-25,26-18-10-6-11-19-26)27-20-12-7-13-21-27/h5-24,30H,4H2,1-3H3/i32+1. The number of amides is 2. The number of fused-ring (bicyclic) bond motifs is 1. The lowest BCUT2D eigenvalue weighted by Gasteiger charge is -2.35. The number of Topliss-reactive ketones (excluding diaryl/α,β-unsaturated/α-hetero) is 1. The van der Waals surface area contributed by atoms with Crippen LogP contribution in [0.25, 0.3) is 0 Å². The molecule has 1 heterocycles. The first-order valence-corrected chi connectivity index (χ1v) is 15.7. The molecule has 212 valence electrons. The largest absolute Gasteiger partial charge is 0.462 e. The molecule has 0 fully saturated rings. The van der Waals surface area contributed by atoms with Crippen molar-refractivity contribution < 1.29 is 23.9 Å². The first kappa shape index (κ1) is 29.0. The van der Waals surface area contributed by atoms with Crippen molar-refractivity contribution in [2.24, 2.45) is 5.92 Å². The van der Waals surface area contributed by atoms with Gasteiger partial charge in [-0.05, 0) is 47.8 Å². The number of nitrogens with zero attached hydrogens (tertiary/aromatic N) is 1. The molecular formula is C35H32NO5P. The number of rotatable bonds is 9. The Kier molecular flexibility index (Phi) is 8.37. The van der Waals surface area contributed by atoms with Gasteiger partial charge < -0.3 is 4.74 Å². The molecular weight excluding hydrogens is 546 g/mol. The average molecular weight is 579 g/mol. The molecule has 0 aromatic heterocycles. The average Bonchev–Trinajstić information content (AvgIpc) is 3.26. The summed E-state index contributed by atoms with van der Waals surface area (Å²) in [5.41, 5.74) is 0.489. The second-order valence-corrected chi connectivity index (χ2v) is 13.7. The molecule has 1 atom stereocenters. The second kappa shape index (κ2) is 12.1. The summed E-state index contributed by atoms with van der Waals surface area (Å²) in [5.74, 6) is -2.94. The van der Waals surface area contributed by atoms with Crippen LogP contribution in [-0.2, 0) is 14.3 Å². The summed E-state index contributed by atoms with van der Waals surface area (Å²) in [7, 11) is 0. The van der Waals surface area contributed by atoms with E-state index in [0.29, 0.717) is 0 Å². The molecule has 5 rings (SSSR count). The quantitative estimate of drug-likeness (QED) is 0.0954. The minimum Gasteiger partial charge on any atom is -0.462 e. The second-order valence-electron chi connectivity index (χ2n) is 10.3. The van der Waals surface area contributed by atoms with Gasteiger partial charge >= 0.3 is 5.97 Å². The predicted octanol–water partition coefficient (Wildman–Crippen LogP) is 4.61. The summed E-state index contributed by atoms with van der Waals surface area (Å²) in [5, 5.41) is 2.29. The minimum atomic E-state index is -3.21. The van der Waals surface area contributed by atoms with Crippen molar-refractivity contribution in [2.75, 3.05) is 6.61 Å². The smallest absolute Gasteiger partial charge is 0.342 e. The number of benzene rings is 4. The van der Waals surface area contributed by atoms with Gasteiger partial charge in [-0.25, -0.2) is 4.79 Å². The lowest BCUT2D eigenvalue weighted by molar-refractivity contribution is -0.135. The highest BCUT2D eigenvalue weighted by Crippen LogP contribution is 2.47. The SMILES string of the molecule is CCOC(=O)[13C](C(=O)C(C(C)C)N1C(=O)c2ccccc2C1=O)=P(c1ccccc1)(c1ccccc1)c1ccccc1. The van der Waals surface area contributed by atoms with E-state index in [-0.39, 0.29) is 23.0 Å². The number of hydrogen-bond acceptors (Lipinski definition) is 5. The summed E-state index contributed by atoms with van der Waals surface area (Å²) in [6, 6.07) is 33.8. The minimum absolute atomic E-state index is 0.0490. The Bertz CT molecular complexity index is 1560. The normalized spacial score (nSPS) is 13.6. The molecule has 0 radical (unpaired) electrons. The maximum absolute atomic E-state index is 15.1. The molecule has 0 aliphatic carbocycles. The zero-order chi connectivity index (χ0) is 29.9. The van der Waals surface area contributed by atoms with Crippen LogP contribution >= 0.6 is 6.89 Å². The topological polar surface area (TPSA) is 80.8 Å². The van der Waals surface area contributed by atoms with E-state index in [0.717, 1.165) is 20.8 Å². The lowest BCUT2D eigenvalue weighted by Crippen LogP contribution is -2.53. The Morgan fingerprint density at radius 2 is 1.05 bits per heavy atom. The number of hydrogen-bond donors (Lipinski definition) is 0. The van der Waals surface area contributed by atoms with Crippen LogP contribution in [0.3, 0.4) is 0 Å². The number of ketones is 1. The number of esters is 1. The predicted molar refractivity (Wildman–Crippen MR) is 167 cm³/mol. The molecule has 0 N–H and O–H groups in total. The molecule has 0 bridgehead atoms. The maximum atomic E-state index is 15.1. The van der Waals surface area contributed by atoms with Crippen LogP contribution in [0.1, 0.15) is 41.5 Å². The van der Waals surface area contributed by atoms with Gasteiger partial charge in [0.2, 0.25) is 0 Å². The molecule has 7 heteroatoms. The van der Waals surface area contributed by atoms with Gasteiger partial charge in [-0.2, -0.15) is 0 Å². The van der Waals surface area contributed by atoms with Crippen LogP contribution in [0.4, 0.5) is 0 Å². The molecule has 1 unspecified atom stereocenters. The van der Waals surface area contributed by atoms with Gasteiger partial charge in [-0.3, -0.25) is 19.3 Å². The molecule has 2 amide bonds. The van der Waals surface area contributed by atoms with Gasteiger partial charge in [0.25, 0.3) is 11.8 Å². The fraction of sp³-hybridized carbons (Fsp3) is 0.171. The summed E-state index contributed by atoms with van der Waals surface area (Å²) >= 11 is 0. The molecule has 6 nitrogen and oxygen atoms in total. The summed E-state index contributed by atoms with van der Waals surface area (Å²) < 4.78 is 5.65. The van der Waals surface area contributed by atoms with Gasteiger partial charge in [0, 0.05) is 0 Å².